The summed E-state index contributed by atoms with van der Waals surface area (Å²) in [6.07, 6.45) is 2.58. The van der Waals surface area contributed by atoms with E-state index in [0.717, 1.165) is 32.5 Å². The van der Waals surface area contributed by atoms with Crippen LogP contribution < -0.4 is 10.2 Å². The standard InChI is InChI=1S/C14H19FN2O2/c1-19-9-11-4-6-17(7-5-11)14-3-2-12(16-10-18)8-13(14)15/h2-3,8,10-11H,4-7,9H2,1H3,(H,16,18). The Hall–Kier alpha value is -1.62. The Morgan fingerprint density at radius 1 is 1.47 bits per heavy atom. The zero-order chi connectivity index (χ0) is 13.7. The number of anilines is 2. The number of amides is 1. The lowest BCUT2D eigenvalue weighted by atomic mass is 9.97. The Labute approximate surface area is 112 Å². The molecule has 0 atom stereocenters. The molecule has 2 rings (SSSR count). The quantitative estimate of drug-likeness (QED) is 0.831. The van der Waals surface area contributed by atoms with E-state index < -0.39 is 0 Å². The van der Waals surface area contributed by atoms with E-state index in [1.54, 1.807) is 19.2 Å². The highest BCUT2D eigenvalue weighted by Gasteiger charge is 2.21. The van der Waals surface area contributed by atoms with Crippen molar-refractivity contribution in [3.63, 3.8) is 0 Å². The number of nitrogens with one attached hydrogen (secondary N) is 1. The average Bonchev–Trinajstić information content (AvgIpc) is 2.41. The lowest BCUT2D eigenvalue weighted by Crippen LogP contribution is -2.35. The molecule has 0 bridgehead atoms. The number of rotatable bonds is 5. The van der Waals surface area contributed by atoms with Gasteiger partial charge in [-0.1, -0.05) is 0 Å². The maximum absolute atomic E-state index is 14.0. The number of hydrogen-bond acceptors (Lipinski definition) is 3. The van der Waals surface area contributed by atoms with Crippen LogP contribution in [0.5, 0.6) is 0 Å². The van der Waals surface area contributed by atoms with Gasteiger partial charge in [0.1, 0.15) is 5.82 Å². The molecule has 0 aliphatic carbocycles. The highest BCUT2D eigenvalue weighted by atomic mass is 19.1. The van der Waals surface area contributed by atoms with Gasteiger partial charge in [-0.25, -0.2) is 4.39 Å². The molecule has 5 heteroatoms. The number of methoxy groups -OCH3 is 1. The van der Waals surface area contributed by atoms with Crippen molar-refractivity contribution >= 4 is 17.8 Å². The number of piperidine rings is 1. The van der Waals surface area contributed by atoms with Crippen LogP contribution in [-0.4, -0.2) is 33.2 Å². The van der Waals surface area contributed by atoms with E-state index in [9.17, 15) is 9.18 Å². The fourth-order valence-corrected chi connectivity index (χ4v) is 2.50. The average molecular weight is 266 g/mol. The summed E-state index contributed by atoms with van der Waals surface area (Å²) in [5, 5.41) is 2.45. The van der Waals surface area contributed by atoms with Crippen LogP contribution in [0.4, 0.5) is 15.8 Å². The Balaban J connectivity index is 2.01. The number of benzene rings is 1. The van der Waals surface area contributed by atoms with Gasteiger partial charge in [-0.2, -0.15) is 0 Å². The number of halogens is 1. The third-order valence-corrected chi connectivity index (χ3v) is 3.53. The summed E-state index contributed by atoms with van der Waals surface area (Å²) in [5.41, 5.74) is 1.08. The van der Waals surface area contributed by atoms with E-state index in [0.29, 0.717) is 23.7 Å². The van der Waals surface area contributed by atoms with Gasteiger partial charge < -0.3 is 15.0 Å². The Bertz CT molecular complexity index is 431. The van der Waals surface area contributed by atoms with Crippen LogP contribution in [0.1, 0.15) is 12.8 Å². The molecule has 104 valence electrons. The summed E-state index contributed by atoms with van der Waals surface area (Å²) in [6.45, 7) is 2.45. The van der Waals surface area contributed by atoms with E-state index in [4.69, 9.17) is 4.74 Å². The molecule has 1 fully saturated rings. The third kappa shape index (κ3) is 3.44. The molecule has 1 saturated heterocycles. The predicted molar refractivity (Wildman–Crippen MR) is 72.9 cm³/mol. The van der Waals surface area contributed by atoms with E-state index in [1.165, 1.54) is 6.07 Å². The first-order valence-electron chi connectivity index (χ1n) is 6.48. The first-order chi connectivity index (χ1) is 9.24. The van der Waals surface area contributed by atoms with Crippen molar-refractivity contribution in [2.24, 2.45) is 5.92 Å². The van der Waals surface area contributed by atoms with Crippen LogP contribution in [0.3, 0.4) is 0 Å². The van der Waals surface area contributed by atoms with E-state index in [1.807, 2.05) is 4.90 Å². The largest absolute Gasteiger partial charge is 0.384 e. The molecular weight excluding hydrogens is 247 g/mol. The zero-order valence-corrected chi connectivity index (χ0v) is 11.1. The van der Waals surface area contributed by atoms with Crippen LogP contribution >= 0.6 is 0 Å². The van der Waals surface area contributed by atoms with Gasteiger partial charge in [0, 0.05) is 32.5 Å². The highest BCUT2D eigenvalue weighted by molar-refractivity contribution is 5.72. The lowest BCUT2D eigenvalue weighted by Gasteiger charge is -2.33. The number of carbonyl (C=O) groups excluding carboxylic acids is 1. The predicted octanol–water partition coefficient (Wildman–Crippen LogP) is 2.26. The normalized spacial score (nSPS) is 16.4. The van der Waals surface area contributed by atoms with E-state index in [-0.39, 0.29) is 5.82 Å². The Kier molecular flexibility index (Phi) is 4.74. The molecule has 0 radical (unpaired) electrons. The molecule has 0 spiro atoms. The summed E-state index contributed by atoms with van der Waals surface area (Å²) in [5.74, 6) is 0.275. The van der Waals surface area contributed by atoms with Gasteiger partial charge in [0.2, 0.25) is 6.41 Å². The minimum Gasteiger partial charge on any atom is -0.384 e. The topological polar surface area (TPSA) is 41.6 Å². The van der Waals surface area contributed by atoms with E-state index in [2.05, 4.69) is 5.32 Å². The molecule has 4 nitrogen and oxygen atoms in total. The molecule has 19 heavy (non-hydrogen) atoms. The molecular formula is C14H19FN2O2. The van der Waals surface area contributed by atoms with Crippen LogP contribution in [0.15, 0.2) is 18.2 Å². The molecule has 1 aliphatic rings. The second-order valence-electron chi connectivity index (χ2n) is 4.81. The first kappa shape index (κ1) is 13.8. The van der Waals surface area contributed by atoms with Crippen molar-refractivity contribution in [1.82, 2.24) is 0 Å². The second kappa shape index (κ2) is 6.52. The fourth-order valence-electron chi connectivity index (χ4n) is 2.50. The van der Waals surface area contributed by atoms with Crippen molar-refractivity contribution in [2.75, 3.05) is 37.0 Å². The molecule has 1 heterocycles. The van der Waals surface area contributed by atoms with Gasteiger partial charge in [0.05, 0.1) is 5.69 Å². The summed E-state index contributed by atoms with van der Waals surface area (Å²) >= 11 is 0. The van der Waals surface area contributed by atoms with Crippen molar-refractivity contribution in [2.45, 2.75) is 12.8 Å². The highest BCUT2D eigenvalue weighted by Crippen LogP contribution is 2.27. The minimum absolute atomic E-state index is 0.294. The van der Waals surface area contributed by atoms with Gasteiger partial charge in [0.25, 0.3) is 0 Å². The maximum atomic E-state index is 14.0. The summed E-state index contributed by atoms with van der Waals surface area (Å²) in [6, 6.07) is 4.79. The van der Waals surface area contributed by atoms with Crippen molar-refractivity contribution in [3.8, 4) is 0 Å². The van der Waals surface area contributed by atoms with Crippen molar-refractivity contribution < 1.29 is 13.9 Å². The third-order valence-electron chi connectivity index (χ3n) is 3.53. The molecule has 1 aliphatic heterocycles. The van der Waals surface area contributed by atoms with Crippen molar-refractivity contribution in [1.29, 1.82) is 0 Å². The van der Waals surface area contributed by atoms with Crippen LogP contribution in [-0.2, 0) is 9.53 Å². The fraction of sp³-hybridized carbons (Fsp3) is 0.500. The van der Waals surface area contributed by atoms with Gasteiger partial charge in [-0.15, -0.1) is 0 Å². The monoisotopic (exact) mass is 266 g/mol. The van der Waals surface area contributed by atoms with Crippen LogP contribution in [0, 0.1) is 11.7 Å². The molecule has 1 aromatic rings. The SMILES string of the molecule is COCC1CCN(c2ccc(NC=O)cc2F)CC1. The number of hydrogen-bond donors (Lipinski definition) is 1. The minimum atomic E-state index is -0.294. The summed E-state index contributed by atoms with van der Waals surface area (Å²) in [7, 11) is 1.71. The maximum Gasteiger partial charge on any atom is 0.211 e. The second-order valence-corrected chi connectivity index (χ2v) is 4.81. The lowest BCUT2D eigenvalue weighted by molar-refractivity contribution is -0.105. The number of nitrogens with zero attached hydrogens (tertiary/aromatic N) is 1. The van der Waals surface area contributed by atoms with Crippen molar-refractivity contribution in [3.05, 3.63) is 24.0 Å². The zero-order valence-electron chi connectivity index (χ0n) is 11.1. The summed E-state index contributed by atoms with van der Waals surface area (Å²) in [4.78, 5) is 12.4. The molecule has 0 saturated carbocycles. The molecule has 1 amide bonds. The van der Waals surface area contributed by atoms with Gasteiger partial charge in [-0.05, 0) is 37.0 Å². The van der Waals surface area contributed by atoms with Crippen LogP contribution in [0.25, 0.3) is 0 Å². The number of carbonyl (C=O) groups is 1. The Morgan fingerprint density at radius 2 is 2.21 bits per heavy atom. The molecule has 0 aromatic heterocycles. The van der Waals surface area contributed by atoms with Crippen LogP contribution in [0.2, 0.25) is 0 Å². The molecule has 0 unspecified atom stereocenters. The van der Waals surface area contributed by atoms with Gasteiger partial charge in [0.15, 0.2) is 0 Å². The summed E-state index contributed by atoms with van der Waals surface area (Å²) < 4.78 is 19.1. The van der Waals surface area contributed by atoms with Gasteiger partial charge >= 0.3 is 0 Å². The number of ether oxygens (including phenoxy) is 1. The first-order valence-corrected chi connectivity index (χ1v) is 6.48. The molecule has 1 aromatic carbocycles. The smallest absolute Gasteiger partial charge is 0.211 e. The van der Waals surface area contributed by atoms with Gasteiger partial charge in [-0.3, -0.25) is 4.79 Å². The Morgan fingerprint density at radius 3 is 2.79 bits per heavy atom. The van der Waals surface area contributed by atoms with E-state index >= 15 is 0 Å². The molecule has 1 N–H and O–H groups in total.